The number of nitrogens with one attached hydrogen (secondary N) is 1. The molecule has 3 aromatic rings. The molecule has 1 heterocycles. The van der Waals surface area contributed by atoms with E-state index in [0.717, 1.165) is 11.1 Å². The third-order valence-corrected chi connectivity index (χ3v) is 3.85. The Hall–Kier alpha value is -3.48. The molecule has 0 spiro atoms. The third-order valence-electron chi connectivity index (χ3n) is 3.85. The van der Waals surface area contributed by atoms with Crippen LogP contribution in [0.3, 0.4) is 0 Å². The summed E-state index contributed by atoms with van der Waals surface area (Å²) in [5, 5.41) is 6.67. The van der Waals surface area contributed by atoms with E-state index < -0.39 is 5.97 Å². The van der Waals surface area contributed by atoms with Crippen molar-refractivity contribution in [2.75, 3.05) is 11.9 Å². The molecule has 27 heavy (non-hydrogen) atoms. The number of rotatable bonds is 6. The first-order valence-electron chi connectivity index (χ1n) is 8.52. The fraction of sp³-hybridized carbons (Fsp3) is 0.200. The van der Waals surface area contributed by atoms with Gasteiger partial charge in [-0.05, 0) is 43.7 Å². The Morgan fingerprint density at radius 1 is 1.11 bits per heavy atom. The minimum Gasteiger partial charge on any atom is -0.462 e. The molecule has 2 aromatic carbocycles. The van der Waals surface area contributed by atoms with Crippen LogP contribution in [0.1, 0.15) is 28.7 Å². The number of nitrogens with zero attached hydrogens (tertiary/aromatic N) is 2. The van der Waals surface area contributed by atoms with Crippen LogP contribution in [0.4, 0.5) is 5.69 Å². The van der Waals surface area contributed by atoms with Gasteiger partial charge >= 0.3 is 5.97 Å². The summed E-state index contributed by atoms with van der Waals surface area (Å²) in [5.74, 6) is -0.00701. The quantitative estimate of drug-likeness (QED) is 0.673. The molecule has 0 bridgehead atoms. The molecule has 7 nitrogen and oxygen atoms in total. The first-order chi connectivity index (χ1) is 13.1. The Morgan fingerprint density at radius 3 is 2.56 bits per heavy atom. The second kappa shape index (κ2) is 8.27. The number of carbonyl (C=O) groups is 2. The molecule has 0 fully saturated rings. The molecule has 7 heteroatoms. The van der Waals surface area contributed by atoms with E-state index in [2.05, 4.69) is 15.5 Å². The van der Waals surface area contributed by atoms with Gasteiger partial charge in [0, 0.05) is 11.3 Å². The van der Waals surface area contributed by atoms with Crippen LogP contribution in [-0.2, 0) is 16.0 Å². The lowest BCUT2D eigenvalue weighted by atomic mass is 10.1. The van der Waals surface area contributed by atoms with Crippen molar-refractivity contribution in [1.29, 1.82) is 0 Å². The SMILES string of the molecule is CCOC(=O)c1ccc(NC(=O)Cc2nc(-c3ccccc3C)no2)cc1. The summed E-state index contributed by atoms with van der Waals surface area (Å²) in [6.07, 6.45) is -0.0431. The molecule has 0 aliphatic rings. The molecule has 0 aliphatic heterocycles. The number of aromatic nitrogens is 2. The number of amides is 1. The Labute approximate surface area is 156 Å². The number of anilines is 1. The van der Waals surface area contributed by atoms with Crippen molar-refractivity contribution < 1.29 is 18.8 Å². The molecular weight excluding hydrogens is 346 g/mol. The van der Waals surface area contributed by atoms with Crippen LogP contribution in [0, 0.1) is 6.92 Å². The maximum Gasteiger partial charge on any atom is 0.338 e. The van der Waals surface area contributed by atoms with Crippen LogP contribution in [0.2, 0.25) is 0 Å². The van der Waals surface area contributed by atoms with E-state index in [1.807, 2.05) is 31.2 Å². The molecule has 0 saturated carbocycles. The molecule has 0 aliphatic carbocycles. The second-order valence-corrected chi connectivity index (χ2v) is 5.85. The van der Waals surface area contributed by atoms with Crippen LogP contribution >= 0.6 is 0 Å². The Kier molecular flexibility index (Phi) is 5.61. The number of hydrogen-bond acceptors (Lipinski definition) is 6. The number of hydrogen-bond donors (Lipinski definition) is 1. The number of esters is 1. The summed E-state index contributed by atoms with van der Waals surface area (Å²) in [7, 11) is 0. The van der Waals surface area contributed by atoms with Gasteiger partial charge in [0.25, 0.3) is 0 Å². The van der Waals surface area contributed by atoms with E-state index in [0.29, 0.717) is 23.7 Å². The minimum absolute atomic E-state index is 0.0431. The molecule has 1 aromatic heterocycles. The topological polar surface area (TPSA) is 94.3 Å². The maximum absolute atomic E-state index is 12.2. The van der Waals surface area contributed by atoms with E-state index in [9.17, 15) is 9.59 Å². The molecule has 3 rings (SSSR count). The minimum atomic E-state index is -0.398. The molecule has 1 amide bonds. The molecule has 0 atom stereocenters. The lowest BCUT2D eigenvalue weighted by Gasteiger charge is -2.05. The molecular formula is C20H19N3O4. The maximum atomic E-state index is 12.2. The zero-order valence-electron chi connectivity index (χ0n) is 15.1. The van der Waals surface area contributed by atoms with E-state index in [1.165, 1.54) is 0 Å². The van der Waals surface area contributed by atoms with Crippen molar-refractivity contribution in [3.8, 4) is 11.4 Å². The molecule has 0 saturated heterocycles. The smallest absolute Gasteiger partial charge is 0.338 e. The van der Waals surface area contributed by atoms with Crippen molar-refractivity contribution >= 4 is 17.6 Å². The fourth-order valence-corrected chi connectivity index (χ4v) is 2.51. The van der Waals surface area contributed by atoms with Crippen LogP contribution in [-0.4, -0.2) is 28.6 Å². The Morgan fingerprint density at radius 2 is 1.85 bits per heavy atom. The van der Waals surface area contributed by atoms with Crippen molar-refractivity contribution in [1.82, 2.24) is 10.1 Å². The van der Waals surface area contributed by atoms with Crippen molar-refractivity contribution in [3.63, 3.8) is 0 Å². The van der Waals surface area contributed by atoms with Gasteiger partial charge in [-0.3, -0.25) is 4.79 Å². The van der Waals surface area contributed by atoms with Gasteiger partial charge in [-0.15, -0.1) is 0 Å². The molecule has 0 unspecified atom stereocenters. The lowest BCUT2D eigenvalue weighted by molar-refractivity contribution is -0.115. The first kappa shape index (κ1) is 18.3. The standard InChI is InChI=1S/C20H19N3O4/c1-3-26-20(25)14-8-10-15(11-9-14)21-17(24)12-18-22-19(23-27-18)16-7-5-4-6-13(16)2/h4-11H,3,12H2,1-2H3,(H,21,24). The number of aryl methyl sites for hydroxylation is 1. The predicted octanol–water partition coefficient (Wildman–Crippen LogP) is 3.40. The average molecular weight is 365 g/mol. The van der Waals surface area contributed by atoms with Gasteiger partial charge in [0.2, 0.25) is 17.6 Å². The highest BCUT2D eigenvalue weighted by atomic mass is 16.5. The lowest BCUT2D eigenvalue weighted by Crippen LogP contribution is -2.14. The monoisotopic (exact) mass is 365 g/mol. The summed E-state index contributed by atoms with van der Waals surface area (Å²) in [6.45, 7) is 4.01. The molecule has 0 radical (unpaired) electrons. The van der Waals surface area contributed by atoms with Gasteiger partial charge < -0.3 is 14.6 Å². The Bertz CT molecular complexity index is 948. The molecule has 1 N–H and O–H groups in total. The second-order valence-electron chi connectivity index (χ2n) is 5.85. The summed E-state index contributed by atoms with van der Waals surface area (Å²) >= 11 is 0. The highest BCUT2D eigenvalue weighted by molar-refractivity contribution is 5.93. The van der Waals surface area contributed by atoms with Crippen LogP contribution in [0.5, 0.6) is 0 Å². The zero-order chi connectivity index (χ0) is 19.2. The van der Waals surface area contributed by atoms with Crippen molar-refractivity contribution in [2.24, 2.45) is 0 Å². The van der Waals surface area contributed by atoms with E-state index in [4.69, 9.17) is 9.26 Å². The van der Waals surface area contributed by atoms with Crippen molar-refractivity contribution in [2.45, 2.75) is 20.3 Å². The normalized spacial score (nSPS) is 10.4. The average Bonchev–Trinajstić information content (AvgIpc) is 3.11. The van der Waals surface area contributed by atoms with Crippen LogP contribution < -0.4 is 5.32 Å². The highest BCUT2D eigenvalue weighted by Gasteiger charge is 2.14. The predicted molar refractivity (Wildman–Crippen MR) is 99.2 cm³/mol. The van der Waals surface area contributed by atoms with E-state index >= 15 is 0 Å². The highest BCUT2D eigenvalue weighted by Crippen LogP contribution is 2.20. The first-order valence-corrected chi connectivity index (χ1v) is 8.52. The largest absolute Gasteiger partial charge is 0.462 e. The Balaban J connectivity index is 1.61. The molecule has 138 valence electrons. The van der Waals surface area contributed by atoms with Gasteiger partial charge in [-0.1, -0.05) is 29.4 Å². The van der Waals surface area contributed by atoms with Crippen LogP contribution in [0.25, 0.3) is 11.4 Å². The van der Waals surface area contributed by atoms with E-state index in [-0.39, 0.29) is 18.2 Å². The zero-order valence-corrected chi connectivity index (χ0v) is 15.1. The summed E-state index contributed by atoms with van der Waals surface area (Å²) in [5.41, 5.74) is 2.87. The fourth-order valence-electron chi connectivity index (χ4n) is 2.51. The van der Waals surface area contributed by atoms with Gasteiger partial charge in [0.05, 0.1) is 12.2 Å². The number of benzene rings is 2. The van der Waals surface area contributed by atoms with Gasteiger partial charge in [-0.2, -0.15) is 4.98 Å². The van der Waals surface area contributed by atoms with E-state index in [1.54, 1.807) is 31.2 Å². The van der Waals surface area contributed by atoms with Crippen LogP contribution in [0.15, 0.2) is 53.1 Å². The summed E-state index contributed by atoms with van der Waals surface area (Å²) in [6, 6.07) is 14.1. The van der Waals surface area contributed by atoms with Gasteiger partial charge in [-0.25, -0.2) is 4.79 Å². The number of carbonyl (C=O) groups excluding carboxylic acids is 2. The summed E-state index contributed by atoms with van der Waals surface area (Å²) in [4.78, 5) is 28.1. The van der Waals surface area contributed by atoms with Crippen molar-refractivity contribution in [3.05, 3.63) is 65.5 Å². The summed E-state index contributed by atoms with van der Waals surface area (Å²) < 4.78 is 10.1. The van der Waals surface area contributed by atoms with Gasteiger partial charge in [0.1, 0.15) is 6.42 Å². The van der Waals surface area contributed by atoms with Gasteiger partial charge in [0.15, 0.2) is 0 Å². The number of ether oxygens (including phenoxy) is 1. The third kappa shape index (κ3) is 4.58.